The van der Waals surface area contributed by atoms with Crippen LogP contribution in [0.4, 0.5) is 11.5 Å². The van der Waals surface area contributed by atoms with Crippen molar-refractivity contribution < 1.29 is 4.79 Å². The molecule has 1 aliphatic heterocycles. The lowest BCUT2D eigenvalue weighted by molar-refractivity contribution is 0.100. The lowest BCUT2D eigenvalue weighted by atomic mass is 10.0. The normalized spacial score (nSPS) is 13.1. The summed E-state index contributed by atoms with van der Waals surface area (Å²) in [6.07, 6.45) is 1.75. The Morgan fingerprint density at radius 1 is 1.21 bits per heavy atom. The molecule has 0 saturated carbocycles. The van der Waals surface area contributed by atoms with Gasteiger partial charge in [-0.15, -0.1) is 0 Å². The third-order valence-electron chi connectivity index (χ3n) is 3.12. The molecule has 0 bridgehead atoms. The second kappa shape index (κ2) is 4.61. The van der Waals surface area contributed by atoms with E-state index in [9.17, 15) is 4.79 Å². The Morgan fingerprint density at radius 3 is 2.84 bits per heavy atom. The lowest BCUT2D eigenvalue weighted by Gasteiger charge is -2.19. The Balaban J connectivity index is 2.10. The van der Waals surface area contributed by atoms with Crippen LogP contribution in [0.5, 0.6) is 0 Å². The van der Waals surface area contributed by atoms with Crippen LogP contribution >= 0.6 is 0 Å². The number of nitrogens with one attached hydrogen (secondary N) is 2. The number of carbonyl (C=O) groups is 1. The number of hydrogen-bond acceptors (Lipinski definition) is 4. The quantitative estimate of drug-likeness (QED) is 0.761. The first-order valence-corrected chi connectivity index (χ1v) is 6.13. The van der Waals surface area contributed by atoms with Crippen molar-refractivity contribution in [2.24, 2.45) is 5.73 Å². The van der Waals surface area contributed by atoms with Gasteiger partial charge in [-0.25, -0.2) is 4.98 Å². The van der Waals surface area contributed by atoms with Gasteiger partial charge in [-0.05, 0) is 17.7 Å². The molecule has 0 aliphatic carbocycles. The SMILES string of the molecule is NC(=O)c1ccccc1-c1cnc2c(c1)NCCN2. The molecule has 19 heavy (non-hydrogen) atoms. The van der Waals surface area contributed by atoms with E-state index in [2.05, 4.69) is 15.6 Å². The Bertz CT molecular complexity index is 639. The fourth-order valence-corrected chi connectivity index (χ4v) is 2.22. The van der Waals surface area contributed by atoms with E-state index in [0.29, 0.717) is 5.56 Å². The maximum absolute atomic E-state index is 11.5. The van der Waals surface area contributed by atoms with Gasteiger partial charge in [-0.2, -0.15) is 0 Å². The predicted molar refractivity (Wildman–Crippen MR) is 75.2 cm³/mol. The number of benzene rings is 1. The molecule has 5 heteroatoms. The molecule has 0 unspecified atom stereocenters. The van der Waals surface area contributed by atoms with E-state index in [1.807, 2.05) is 18.2 Å². The van der Waals surface area contributed by atoms with Crippen molar-refractivity contribution in [2.45, 2.75) is 0 Å². The minimum Gasteiger partial charge on any atom is -0.380 e. The van der Waals surface area contributed by atoms with Crippen molar-refractivity contribution in [1.82, 2.24) is 4.98 Å². The first-order chi connectivity index (χ1) is 9.25. The van der Waals surface area contributed by atoms with Gasteiger partial charge >= 0.3 is 0 Å². The molecule has 1 amide bonds. The van der Waals surface area contributed by atoms with Crippen LogP contribution in [0.25, 0.3) is 11.1 Å². The van der Waals surface area contributed by atoms with Crippen LogP contribution in [0.2, 0.25) is 0 Å². The van der Waals surface area contributed by atoms with Crippen LogP contribution in [0.1, 0.15) is 10.4 Å². The van der Waals surface area contributed by atoms with Gasteiger partial charge in [-0.3, -0.25) is 4.79 Å². The van der Waals surface area contributed by atoms with E-state index in [0.717, 1.165) is 35.7 Å². The number of pyridine rings is 1. The van der Waals surface area contributed by atoms with Crippen LogP contribution in [-0.2, 0) is 0 Å². The summed E-state index contributed by atoms with van der Waals surface area (Å²) < 4.78 is 0. The topological polar surface area (TPSA) is 80.0 Å². The molecule has 2 heterocycles. The zero-order chi connectivity index (χ0) is 13.2. The highest BCUT2D eigenvalue weighted by Crippen LogP contribution is 2.29. The highest BCUT2D eigenvalue weighted by molar-refractivity contribution is 6.00. The minimum absolute atomic E-state index is 0.431. The first kappa shape index (κ1) is 11.5. The Labute approximate surface area is 110 Å². The summed E-state index contributed by atoms with van der Waals surface area (Å²) in [5, 5.41) is 6.49. The average molecular weight is 254 g/mol. The van der Waals surface area contributed by atoms with Gasteiger partial charge in [0.25, 0.3) is 0 Å². The number of amides is 1. The molecule has 2 aromatic rings. The van der Waals surface area contributed by atoms with Crippen LogP contribution in [0.3, 0.4) is 0 Å². The van der Waals surface area contributed by atoms with Crippen molar-refractivity contribution >= 4 is 17.4 Å². The van der Waals surface area contributed by atoms with Crippen LogP contribution in [0.15, 0.2) is 36.5 Å². The molecule has 1 aliphatic rings. The van der Waals surface area contributed by atoms with Crippen molar-refractivity contribution in [3.63, 3.8) is 0 Å². The van der Waals surface area contributed by atoms with Crippen LogP contribution in [0, 0.1) is 0 Å². The molecule has 0 radical (unpaired) electrons. The van der Waals surface area contributed by atoms with Crippen molar-refractivity contribution in [3.05, 3.63) is 42.1 Å². The van der Waals surface area contributed by atoms with E-state index in [1.165, 1.54) is 0 Å². The molecule has 96 valence electrons. The summed E-state index contributed by atoms with van der Waals surface area (Å²) in [5.41, 5.74) is 8.54. The summed E-state index contributed by atoms with van der Waals surface area (Å²) >= 11 is 0. The van der Waals surface area contributed by atoms with Crippen LogP contribution in [-0.4, -0.2) is 24.0 Å². The van der Waals surface area contributed by atoms with Crippen molar-refractivity contribution in [1.29, 1.82) is 0 Å². The minimum atomic E-state index is -0.431. The van der Waals surface area contributed by atoms with Gasteiger partial charge in [-0.1, -0.05) is 18.2 Å². The van der Waals surface area contributed by atoms with E-state index >= 15 is 0 Å². The van der Waals surface area contributed by atoms with E-state index < -0.39 is 5.91 Å². The Hall–Kier alpha value is -2.56. The van der Waals surface area contributed by atoms with Crippen LogP contribution < -0.4 is 16.4 Å². The number of carbonyl (C=O) groups excluding carboxylic acids is 1. The van der Waals surface area contributed by atoms with E-state index in [1.54, 1.807) is 18.3 Å². The van der Waals surface area contributed by atoms with E-state index in [4.69, 9.17) is 5.73 Å². The summed E-state index contributed by atoms with van der Waals surface area (Å²) in [6, 6.07) is 9.26. The summed E-state index contributed by atoms with van der Waals surface area (Å²) in [6.45, 7) is 1.72. The van der Waals surface area contributed by atoms with Gasteiger partial charge < -0.3 is 16.4 Å². The number of aromatic nitrogens is 1. The third kappa shape index (κ3) is 2.10. The second-order valence-electron chi connectivity index (χ2n) is 4.38. The molecule has 0 atom stereocenters. The van der Waals surface area contributed by atoms with Gasteiger partial charge in [0.05, 0.1) is 5.69 Å². The van der Waals surface area contributed by atoms with Gasteiger partial charge in [0.2, 0.25) is 5.91 Å². The zero-order valence-electron chi connectivity index (χ0n) is 10.3. The zero-order valence-corrected chi connectivity index (χ0v) is 10.3. The molecular formula is C14H14N4O. The second-order valence-corrected chi connectivity index (χ2v) is 4.38. The van der Waals surface area contributed by atoms with Crippen molar-refractivity contribution in [3.8, 4) is 11.1 Å². The monoisotopic (exact) mass is 254 g/mol. The predicted octanol–water partition coefficient (Wildman–Crippen LogP) is 1.68. The molecular weight excluding hydrogens is 240 g/mol. The Kier molecular flexibility index (Phi) is 2.79. The molecule has 1 aromatic heterocycles. The highest BCUT2D eigenvalue weighted by atomic mass is 16.1. The van der Waals surface area contributed by atoms with Gasteiger partial charge in [0.1, 0.15) is 5.82 Å². The summed E-state index contributed by atoms with van der Waals surface area (Å²) in [4.78, 5) is 15.8. The standard InChI is InChI=1S/C14H14N4O/c15-13(19)11-4-2-1-3-10(11)9-7-12-14(18-8-9)17-6-5-16-12/h1-4,7-8,16H,5-6H2,(H2,15,19)(H,17,18). The molecule has 0 spiro atoms. The fourth-order valence-electron chi connectivity index (χ4n) is 2.22. The van der Waals surface area contributed by atoms with Gasteiger partial charge in [0.15, 0.2) is 0 Å². The molecule has 1 aromatic carbocycles. The lowest BCUT2D eigenvalue weighted by Crippen LogP contribution is -2.21. The first-order valence-electron chi connectivity index (χ1n) is 6.13. The Morgan fingerprint density at radius 2 is 2.00 bits per heavy atom. The molecule has 3 rings (SSSR count). The number of anilines is 2. The van der Waals surface area contributed by atoms with Crippen molar-refractivity contribution in [2.75, 3.05) is 23.7 Å². The molecule has 0 saturated heterocycles. The number of nitrogens with two attached hydrogens (primary N) is 1. The highest BCUT2D eigenvalue weighted by Gasteiger charge is 2.13. The number of rotatable bonds is 2. The largest absolute Gasteiger partial charge is 0.380 e. The third-order valence-corrected chi connectivity index (χ3v) is 3.12. The van der Waals surface area contributed by atoms with E-state index in [-0.39, 0.29) is 0 Å². The fraction of sp³-hybridized carbons (Fsp3) is 0.143. The maximum atomic E-state index is 11.5. The molecule has 4 N–H and O–H groups in total. The smallest absolute Gasteiger partial charge is 0.249 e. The molecule has 0 fully saturated rings. The maximum Gasteiger partial charge on any atom is 0.249 e. The number of hydrogen-bond donors (Lipinski definition) is 3. The summed E-state index contributed by atoms with van der Waals surface area (Å²) in [5.74, 6) is 0.408. The average Bonchev–Trinajstić information content (AvgIpc) is 2.46. The molecule has 5 nitrogen and oxygen atoms in total. The number of fused-ring (bicyclic) bond motifs is 1. The summed E-state index contributed by atoms with van der Waals surface area (Å²) in [7, 11) is 0. The number of primary amides is 1. The van der Waals surface area contributed by atoms with Gasteiger partial charge in [0, 0.05) is 30.4 Å². The number of nitrogens with zero attached hydrogens (tertiary/aromatic N) is 1.